The Labute approximate surface area is 134 Å². The molecule has 2 aromatic rings. The highest BCUT2D eigenvalue weighted by molar-refractivity contribution is 8.00. The molecular formula is C16H20N4OS. The van der Waals surface area contributed by atoms with Crippen molar-refractivity contribution in [1.82, 2.24) is 14.8 Å². The fraction of sp³-hybridized carbons (Fsp3) is 0.438. The van der Waals surface area contributed by atoms with Gasteiger partial charge in [-0.1, -0.05) is 23.9 Å². The van der Waals surface area contributed by atoms with Crippen LogP contribution in [0, 0.1) is 6.92 Å². The summed E-state index contributed by atoms with van der Waals surface area (Å²) in [5.41, 5.74) is 1.95. The highest BCUT2D eigenvalue weighted by atomic mass is 32.2. The Kier molecular flexibility index (Phi) is 4.20. The third-order valence-electron chi connectivity index (χ3n) is 3.75. The molecule has 1 saturated carbocycles. The molecule has 0 spiro atoms. The normalized spacial score (nSPS) is 15.6. The fourth-order valence-electron chi connectivity index (χ4n) is 2.30. The molecule has 116 valence electrons. The molecule has 1 atom stereocenters. The van der Waals surface area contributed by atoms with Crippen molar-refractivity contribution in [3.63, 3.8) is 0 Å². The van der Waals surface area contributed by atoms with Crippen molar-refractivity contribution in [2.45, 2.75) is 43.0 Å². The number of thioether (sulfide) groups is 1. The van der Waals surface area contributed by atoms with Crippen LogP contribution in [0.15, 0.2) is 29.4 Å². The third-order valence-corrected chi connectivity index (χ3v) is 4.88. The standard InChI is InChI=1S/C16H20N4OS/c1-10-5-4-6-13(9-10)17-15(21)11(2)22-16-19-18-14(20(16)3)12-7-8-12/h4-6,9,11-12H,7-8H2,1-3H3,(H,17,21)/t11-/m0/s1. The number of rotatable bonds is 5. The predicted octanol–water partition coefficient (Wildman–Crippen LogP) is 3.12. The molecule has 0 bridgehead atoms. The largest absolute Gasteiger partial charge is 0.325 e. The maximum Gasteiger partial charge on any atom is 0.237 e. The minimum atomic E-state index is -0.226. The first kappa shape index (κ1) is 15.1. The van der Waals surface area contributed by atoms with E-state index in [1.165, 1.54) is 24.6 Å². The summed E-state index contributed by atoms with van der Waals surface area (Å²) in [4.78, 5) is 12.3. The second kappa shape index (κ2) is 6.12. The lowest BCUT2D eigenvalue weighted by Gasteiger charge is -2.12. The first-order chi connectivity index (χ1) is 10.5. The van der Waals surface area contributed by atoms with Crippen molar-refractivity contribution in [3.05, 3.63) is 35.7 Å². The van der Waals surface area contributed by atoms with Crippen LogP contribution < -0.4 is 5.32 Å². The van der Waals surface area contributed by atoms with Crippen molar-refractivity contribution in [2.75, 3.05) is 5.32 Å². The lowest BCUT2D eigenvalue weighted by molar-refractivity contribution is -0.115. The van der Waals surface area contributed by atoms with Crippen LogP contribution in [0.1, 0.15) is 37.1 Å². The van der Waals surface area contributed by atoms with Gasteiger partial charge in [0, 0.05) is 18.7 Å². The van der Waals surface area contributed by atoms with Crippen LogP contribution in [0.4, 0.5) is 5.69 Å². The van der Waals surface area contributed by atoms with Crippen molar-refractivity contribution in [3.8, 4) is 0 Å². The molecule has 3 rings (SSSR count). The molecular weight excluding hydrogens is 296 g/mol. The van der Waals surface area contributed by atoms with E-state index in [2.05, 4.69) is 15.5 Å². The Morgan fingerprint density at radius 2 is 2.18 bits per heavy atom. The average molecular weight is 316 g/mol. The molecule has 6 heteroatoms. The SMILES string of the molecule is Cc1cccc(NC(=O)[C@H](C)Sc2nnc(C3CC3)n2C)c1. The number of hydrogen-bond acceptors (Lipinski definition) is 4. The average Bonchev–Trinajstić information content (AvgIpc) is 3.25. The fourth-order valence-corrected chi connectivity index (χ4v) is 3.13. The van der Waals surface area contributed by atoms with Crippen LogP contribution in [0.25, 0.3) is 0 Å². The van der Waals surface area contributed by atoms with Crippen LogP contribution in [-0.4, -0.2) is 25.9 Å². The monoisotopic (exact) mass is 316 g/mol. The van der Waals surface area contributed by atoms with E-state index in [0.717, 1.165) is 22.2 Å². The van der Waals surface area contributed by atoms with E-state index in [1.54, 1.807) is 0 Å². The molecule has 0 unspecified atom stereocenters. The van der Waals surface area contributed by atoms with Gasteiger partial charge < -0.3 is 9.88 Å². The maximum atomic E-state index is 12.3. The number of nitrogens with zero attached hydrogens (tertiary/aromatic N) is 3. The zero-order valence-corrected chi connectivity index (χ0v) is 13.9. The van der Waals surface area contributed by atoms with Gasteiger partial charge in [0.2, 0.25) is 5.91 Å². The minimum Gasteiger partial charge on any atom is -0.325 e. The number of hydrogen-bond donors (Lipinski definition) is 1. The number of carbonyl (C=O) groups excluding carboxylic acids is 1. The van der Waals surface area contributed by atoms with Crippen LogP contribution in [0.5, 0.6) is 0 Å². The number of amides is 1. The van der Waals surface area contributed by atoms with Crippen molar-refractivity contribution < 1.29 is 4.79 Å². The molecule has 1 N–H and O–H groups in total. The van der Waals surface area contributed by atoms with Gasteiger partial charge in [-0.2, -0.15) is 0 Å². The highest BCUT2D eigenvalue weighted by Crippen LogP contribution is 2.39. The molecule has 1 aliphatic carbocycles. The van der Waals surface area contributed by atoms with E-state index in [9.17, 15) is 4.79 Å². The molecule has 1 heterocycles. The van der Waals surface area contributed by atoms with E-state index >= 15 is 0 Å². The first-order valence-corrected chi connectivity index (χ1v) is 8.36. The summed E-state index contributed by atoms with van der Waals surface area (Å²) < 4.78 is 2.01. The summed E-state index contributed by atoms with van der Waals surface area (Å²) in [5.74, 6) is 1.57. The second-order valence-electron chi connectivity index (χ2n) is 5.79. The van der Waals surface area contributed by atoms with E-state index in [0.29, 0.717) is 5.92 Å². The van der Waals surface area contributed by atoms with Gasteiger partial charge in [0.25, 0.3) is 0 Å². The van der Waals surface area contributed by atoms with Crippen LogP contribution >= 0.6 is 11.8 Å². The summed E-state index contributed by atoms with van der Waals surface area (Å²) in [7, 11) is 1.97. The number of anilines is 1. The summed E-state index contributed by atoms with van der Waals surface area (Å²) >= 11 is 1.45. The summed E-state index contributed by atoms with van der Waals surface area (Å²) in [6, 6.07) is 7.80. The molecule has 0 radical (unpaired) electrons. The zero-order valence-electron chi connectivity index (χ0n) is 13.0. The van der Waals surface area contributed by atoms with Crippen molar-refractivity contribution >= 4 is 23.4 Å². The lowest BCUT2D eigenvalue weighted by atomic mass is 10.2. The Hall–Kier alpha value is -1.82. The Morgan fingerprint density at radius 1 is 1.41 bits per heavy atom. The van der Waals surface area contributed by atoms with Crippen LogP contribution in [0.3, 0.4) is 0 Å². The maximum absolute atomic E-state index is 12.3. The molecule has 0 saturated heterocycles. The number of benzene rings is 1. The summed E-state index contributed by atoms with van der Waals surface area (Å²) in [6.45, 7) is 3.90. The summed E-state index contributed by atoms with van der Waals surface area (Å²) in [6.07, 6.45) is 2.39. The van der Waals surface area contributed by atoms with Gasteiger partial charge in [0.05, 0.1) is 5.25 Å². The zero-order chi connectivity index (χ0) is 15.7. The van der Waals surface area contributed by atoms with Gasteiger partial charge in [-0.3, -0.25) is 4.79 Å². The minimum absolute atomic E-state index is 0.0217. The topological polar surface area (TPSA) is 59.8 Å². The number of carbonyl (C=O) groups is 1. The van der Waals surface area contributed by atoms with Crippen molar-refractivity contribution in [2.24, 2.45) is 7.05 Å². The Bertz CT molecular complexity index is 693. The molecule has 1 aliphatic rings. The van der Waals surface area contributed by atoms with E-state index in [1.807, 2.05) is 49.7 Å². The van der Waals surface area contributed by atoms with E-state index in [4.69, 9.17) is 0 Å². The number of aromatic nitrogens is 3. The van der Waals surface area contributed by atoms with Gasteiger partial charge >= 0.3 is 0 Å². The molecule has 1 amide bonds. The lowest BCUT2D eigenvalue weighted by Crippen LogP contribution is -2.22. The quantitative estimate of drug-likeness (QED) is 0.861. The number of nitrogens with one attached hydrogen (secondary N) is 1. The van der Waals surface area contributed by atoms with Crippen LogP contribution in [0.2, 0.25) is 0 Å². The first-order valence-electron chi connectivity index (χ1n) is 7.48. The highest BCUT2D eigenvalue weighted by Gasteiger charge is 2.30. The van der Waals surface area contributed by atoms with Gasteiger partial charge in [0.1, 0.15) is 5.82 Å². The van der Waals surface area contributed by atoms with Crippen LogP contribution in [-0.2, 0) is 11.8 Å². The van der Waals surface area contributed by atoms with E-state index < -0.39 is 0 Å². The second-order valence-corrected chi connectivity index (χ2v) is 7.10. The number of aryl methyl sites for hydroxylation is 1. The predicted molar refractivity (Wildman–Crippen MR) is 88.1 cm³/mol. The molecule has 22 heavy (non-hydrogen) atoms. The van der Waals surface area contributed by atoms with E-state index in [-0.39, 0.29) is 11.2 Å². The molecule has 0 aliphatic heterocycles. The molecule has 1 aromatic heterocycles. The molecule has 1 aromatic carbocycles. The smallest absolute Gasteiger partial charge is 0.237 e. The molecule has 1 fully saturated rings. The van der Waals surface area contributed by atoms with Crippen molar-refractivity contribution in [1.29, 1.82) is 0 Å². The van der Waals surface area contributed by atoms with Gasteiger partial charge in [0.15, 0.2) is 5.16 Å². The van der Waals surface area contributed by atoms with Gasteiger partial charge in [-0.15, -0.1) is 10.2 Å². The Morgan fingerprint density at radius 3 is 2.86 bits per heavy atom. The Balaban J connectivity index is 1.63. The summed E-state index contributed by atoms with van der Waals surface area (Å²) in [5, 5.41) is 12.0. The molecule has 5 nitrogen and oxygen atoms in total. The van der Waals surface area contributed by atoms with Gasteiger partial charge in [-0.05, 0) is 44.4 Å². The third kappa shape index (κ3) is 3.32. The van der Waals surface area contributed by atoms with Gasteiger partial charge in [-0.25, -0.2) is 0 Å².